The highest BCUT2D eigenvalue weighted by atomic mass is 16.6. The number of carbonyl (C=O) groups is 1. The van der Waals surface area contributed by atoms with Crippen molar-refractivity contribution < 1.29 is 9.53 Å². The largest absolute Gasteiger partial charge is 0.444 e. The van der Waals surface area contributed by atoms with Gasteiger partial charge < -0.3 is 15.8 Å². The summed E-state index contributed by atoms with van der Waals surface area (Å²) in [5.74, 6) is 0. The van der Waals surface area contributed by atoms with Gasteiger partial charge in [-0.1, -0.05) is 6.92 Å². The van der Waals surface area contributed by atoms with Gasteiger partial charge in [0.15, 0.2) is 0 Å². The minimum absolute atomic E-state index is 0.349. The number of rotatable bonds is 7. The molecule has 0 radical (unpaired) electrons. The summed E-state index contributed by atoms with van der Waals surface area (Å²) in [6.07, 6.45) is 3.09. The van der Waals surface area contributed by atoms with Crippen molar-refractivity contribution in [2.45, 2.75) is 64.6 Å². The normalized spacial score (nSPS) is 17.4. The summed E-state index contributed by atoms with van der Waals surface area (Å²) in [6.45, 7) is 10.0. The van der Waals surface area contributed by atoms with Crippen molar-refractivity contribution in [3.63, 3.8) is 0 Å². The van der Waals surface area contributed by atoms with E-state index in [0.717, 1.165) is 13.0 Å². The average Bonchev–Trinajstić information content (AvgIpc) is 3.09. The maximum absolute atomic E-state index is 11.5. The van der Waals surface area contributed by atoms with Crippen LogP contribution in [0, 0.1) is 0 Å². The van der Waals surface area contributed by atoms with Crippen LogP contribution in [0.15, 0.2) is 0 Å². The smallest absolute Gasteiger partial charge is 0.407 e. The Balaban J connectivity index is 2.27. The van der Waals surface area contributed by atoms with E-state index >= 15 is 0 Å². The molecule has 1 fully saturated rings. The number of alkyl carbamates (subject to hydrolysis) is 1. The maximum Gasteiger partial charge on any atom is 0.407 e. The van der Waals surface area contributed by atoms with Crippen LogP contribution in [0.25, 0.3) is 0 Å². The number of nitrogens with two attached hydrogens (primary N) is 1. The van der Waals surface area contributed by atoms with Crippen LogP contribution in [0.3, 0.4) is 0 Å². The molecular formula is C14H29N3O2. The molecule has 19 heavy (non-hydrogen) atoms. The highest BCUT2D eigenvalue weighted by molar-refractivity contribution is 5.67. The van der Waals surface area contributed by atoms with Crippen LogP contribution in [0.1, 0.15) is 47.0 Å². The first-order chi connectivity index (χ1) is 8.87. The van der Waals surface area contributed by atoms with Crippen LogP contribution in [0.5, 0.6) is 0 Å². The lowest BCUT2D eigenvalue weighted by Crippen LogP contribution is -2.44. The molecule has 1 aliphatic carbocycles. The summed E-state index contributed by atoms with van der Waals surface area (Å²) in [5.41, 5.74) is 5.40. The monoisotopic (exact) mass is 271 g/mol. The molecule has 0 bridgehead atoms. The second-order valence-corrected chi connectivity index (χ2v) is 6.17. The third-order valence-corrected chi connectivity index (χ3v) is 3.27. The van der Waals surface area contributed by atoms with Gasteiger partial charge >= 0.3 is 6.09 Å². The van der Waals surface area contributed by atoms with E-state index in [4.69, 9.17) is 10.5 Å². The summed E-state index contributed by atoms with van der Waals surface area (Å²) in [6, 6.07) is 1.06. The van der Waals surface area contributed by atoms with Gasteiger partial charge in [0.1, 0.15) is 5.60 Å². The van der Waals surface area contributed by atoms with Crippen molar-refractivity contribution in [2.75, 3.05) is 19.6 Å². The molecule has 0 aromatic heterocycles. The van der Waals surface area contributed by atoms with Crippen molar-refractivity contribution in [3.05, 3.63) is 0 Å². The Morgan fingerprint density at radius 3 is 2.53 bits per heavy atom. The zero-order valence-electron chi connectivity index (χ0n) is 12.7. The third-order valence-electron chi connectivity index (χ3n) is 3.27. The average molecular weight is 271 g/mol. The Morgan fingerprint density at radius 1 is 1.47 bits per heavy atom. The molecule has 1 amide bonds. The van der Waals surface area contributed by atoms with E-state index in [0.29, 0.717) is 25.2 Å². The Bertz CT molecular complexity index is 285. The van der Waals surface area contributed by atoms with Gasteiger partial charge in [-0.15, -0.1) is 0 Å². The molecule has 3 N–H and O–H groups in total. The summed E-state index contributed by atoms with van der Waals surface area (Å²) in [7, 11) is 0. The quantitative estimate of drug-likeness (QED) is 0.740. The molecule has 0 aromatic rings. The van der Waals surface area contributed by atoms with Gasteiger partial charge in [-0.05, 0) is 46.6 Å². The Kier molecular flexibility index (Phi) is 6.07. The van der Waals surface area contributed by atoms with E-state index in [-0.39, 0.29) is 6.09 Å². The lowest BCUT2D eigenvalue weighted by Gasteiger charge is -2.30. The first-order valence-corrected chi connectivity index (χ1v) is 7.30. The van der Waals surface area contributed by atoms with Crippen LogP contribution in [-0.2, 0) is 4.74 Å². The van der Waals surface area contributed by atoms with Gasteiger partial charge in [-0.2, -0.15) is 0 Å². The van der Waals surface area contributed by atoms with Crippen molar-refractivity contribution in [3.8, 4) is 0 Å². The van der Waals surface area contributed by atoms with Crippen molar-refractivity contribution in [2.24, 2.45) is 5.73 Å². The van der Waals surface area contributed by atoms with Crippen LogP contribution in [0.2, 0.25) is 0 Å². The summed E-state index contributed by atoms with van der Waals surface area (Å²) in [4.78, 5) is 14.0. The first-order valence-electron chi connectivity index (χ1n) is 7.30. The number of nitrogens with one attached hydrogen (secondary N) is 1. The lowest BCUT2D eigenvalue weighted by atomic mass is 10.1. The molecule has 0 spiro atoms. The highest BCUT2D eigenvalue weighted by Crippen LogP contribution is 2.28. The third kappa shape index (κ3) is 6.25. The van der Waals surface area contributed by atoms with Gasteiger partial charge in [0.05, 0.1) is 0 Å². The van der Waals surface area contributed by atoms with E-state index in [1.54, 1.807) is 0 Å². The van der Waals surface area contributed by atoms with Gasteiger partial charge in [0.2, 0.25) is 0 Å². The summed E-state index contributed by atoms with van der Waals surface area (Å²) in [5, 5.41) is 2.80. The molecule has 1 unspecified atom stereocenters. The summed E-state index contributed by atoms with van der Waals surface area (Å²) >= 11 is 0. The fraction of sp³-hybridized carbons (Fsp3) is 0.929. The number of hydrogen-bond donors (Lipinski definition) is 2. The fourth-order valence-electron chi connectivity index (χ4n) is 2.29. The molecule has 0 aliphatic heterocycles. The molecule has 1 atom stereocenters. The molecular weight excluding hydrogens is 242 g/mol. The van der Waals surface area contributed by atoms with Crippen molar-refractivity contribution in [1.29, 1.82) is 0 Å². The first kappa shape index (κ1) is 16.2. The van der Waals surface area contributed by atoms with Crippen LogP contribution < -0.4 is 11.1 Å². The molecule has 5 heteroatoms. The molecule has 1 saturated carbocycles. The minimum Gasteiger partial charge on any atom is -0.444 e. The molecule has 0 saturated heterocycles. The number of ether oxygens (including phenoxy) is 1. The number of carbonyl (C=O) groups excluding carboxylic acids is 1. The molecule has 0 heterocycles. The van der Waals surface area contributed by atoms with Gasteiger partial charge in [-0.3, -0.25) is 4.90 Å². The predicted molar refractivity (Wildman–Crippen MR) is 77.1 cm³/mol. The maximum atomic E-state index is 11.5. The molecule has 0 aromatic carbocycles. The van der Waals surface area contributed by atoms with Gasteiger partial charge in [0, 0.05) is 25.2 Å². The van der Waals surface area contributed by atoms with E-state index in [1.807, 2.05) is 20.8 Å². The number of hydrogen-bond acceptors (Lipinski definition) is 4. The van der Waals surface area contributed by atoms with Crippen LogP contribution >= 0.6 is 0 Å². The number of likely N-dealkylation sites (N-methyl/N-ethyl adjacent to an activating group) is 1. The molecule has 5 nitrogen and oxygen atoms in total. The summed E-state index contributed by atoms with van der Waals surface area (Å²) < 4.78 is 5.20. The van der Waals surface area contributed by atoms with E-state index in [2.05, 4.69) is 17.1 Å². The van der Waals surface area contributed by atoms with E-state index in [9.17, 15) is 4.79 Å². The zero-order chi connectivity index (χ0) is 14.5. The SMILES string of the molecule is CCN(C(CN)CCNC(=O)OC(C)(C)C)C1CC1. The molecule has 1 rings (SSSR count). The number of nitrogens with zero attached hydrogens (tertiary/aromatic N) is 1. The Hall–Kier alpha value is -0.810. The van der Waals surface area contributed by atoms with E-state index < -0.39 is 5.60 Å². The Labute approximate surface area is 116 Å². The topological polar surface area (TPSA) is 67.6 Å². The van der Waals surface area contributed by atoms with Gasteiger partial charge in [0.25, 0.3) is 0 Å². The predicted octanol–water partition coefficient (Wildman–Crippen LogP) is 1.71. The van der Waals surface area contributed by atoms with E-state index in [1.165, 1.54) is 12.8 Å². The van der Waals surface area contributed by atoms with Crippen molar-refractivity contribution >= 4 is 6.09 Å². The van der Waals surface area contributed by atoms with Crippen LogP contribution in [0.4, 0.5) is 4.79 Å². The van der Waals surface area contributed by atoms with Crippen LogP contribution in [-0.4, -0.2) is 48.3 Å². The highest BCUT2D eigenvalue weighted by Gasteiger charge is 2.32. The molecule has 112 valence electrons. The van der Waals surface area contributed by atoms with Gasteiger partial charge in [-0.25, -0.2) is 4.79 Å². The number of amides is 1. The Morgan fingerprint density at radius 2 is 2.11 bits per heavy atom. The second kappa shape index (κ2) is 7.10. The lowest BCUT2D eigenvalue weighted by molar-refractivity contribution is 0.0522. The second-order valence-electron chi connectivity index (χ2n) is 6.17. The zero-order valence-corrected chi connectivity index (χ0v) is 12.7. The standard InChI is InChI=1S/C14H29N3O2/c1-5-17(11-6-7-11)12(10-15)8-9-16-13(18)19-14(2,3)4/h11-12H,5-10,15H2,1-4H3,(H,16,18). The fourth-order valence-corrected chi connectivity index (χ4v) is 2.29. The van der Waals surface area contributed by atoms with Crippen molar-refractivity contribution in [1.82, 2.24) is 10.2 Å². The molecule has 1 aliphatic rings. The minimum atomic E-state index is -0.444.